The number of guanidine groups is 1. The molecule has 2 rings (SSSR count). The number of hydrogen-bond donors (Lipinski definition) is 2. The molecular formula is C19H27IN4O. The maximum absolute atomic E-state index is 5.44. The van der Waals surface area contributed by atoms with Crippen LogP contribution in [0.3, 0.4) is 0 Å². The minimum atomic E-state index is 0. The van der Waals surface area contributed by atoms with Gasteiger partial charge < -0.3 is 15.4 Å². The molecule has 0 aliphatic carbocycles. The van der Waals surface area contributed by atoms with Gasteiger partial charge in [0.2, 0.25) is 0 Å². The predicted molar refractivity (Wildman–Crippen MR) is 114 cm³/mol. The summed E-state index contributed by atoms with van der Waals surface area (Å²) in [6, 6.07) is 12.2. The van der Waals surface area contributed by atoms with E-state index in [0.717, 1.165) is 35.2 Å². The third-order valence-corrected chi connectivity index (χ3v) is 3.58. The monoisotopic (exact) mass is 454 g/mol. The van der Waals surface area contributed by atoms with Crippen molar-refractivity contribution in [3.05, 3.63) is 58.9 Å². The number of benzene rings is 1. The molecule has 5 nitrogen and oxygen atoms in total. The molecule has 6 heteroatoms. The van der Waals surface area contributed by atoms with Gasteiger partial charge in [0.25, 0.3) is 0 Å². The van der Waals surface area contributed by atoms with Gasteiger partial charge >= 0.3 is 0 Å². The number of aliphatic imine (C=N–C) groups is 1. The van der Waals surface area contributed by atoms with Gasteiger partial charge in [-0.25, -0.2) is 4.99 Å². The number of methoxy groups -OCH3 is 1. The Labute approximate surface area is 167 Å². The summed E-state index contributed by atoms with van der Waals surface area (Å²) < 4.78 is 5.44. The number of rotatable bonds is 6. The maximum Gasteiger partial charge on any atom is 0.191 e. The zero-order chi connectivity index (χ0) is 17.4. The van der Waals surface area contributed by atoms with Gasteiger partial charge in [-0.3, -0.25) is 4.98 Å². The Morgan fingerprint density at radius 3 is 2.64 bits per heavy atom. The molecule has 0 spiro atoms. The van der Waals surface area contributed by atoms with E-state index in [4.69, 9.17) is 4.74 Å². The van der Waals surface area contributed by atoms with Crippen LogP contribution < -0.4 is 15.4 Å². The van der Waals surface area contributed by atoms with Gasteiger partial charge in [0.05, 0.1) is 25.9 Å². The van der Waals surface area contributed by atoms with Gasteiger partial charge in [0, 0.05) is 17.8 Å². The van der Waals surface area contributed by atoms with Crippen molar-refractivity contribution in [3.8, 4) is 5.75 Å². The Kier molecular flexibility index (Phi) is 9.26. The third-order valence-electron chi connectivity index (χ3n) is 3.58. The first kappa shape index (κ1) is 21.2. The molecule has 1 heterocycles. The molecule has 2 N–H and O–H groups in total. The SMILES string of the molecule is CCNC(=NCc1ccc(C)cc1OC)NCc1cccc(C)n1.I. The number of halogens is 1. The molecule has 0 aliphatic rings. The van der Waals surface area contributed by atoms with E-state index in [-0.39, 0.29) is 24.0 Å². The zero-order valence-corrected chi connectivity index (χ0v) is 17.6. The van der Waals surface area contributed by atoms with Crippen molar-refractivity contribution >= 4 is 29.9 Å². The van der Waals surface area contributed by atoms with Crippen LogP contribution in [0, 0.1) is 13.8 Å². The Hall–Kier alpha value is -1.83. The van der Waals surface area contributed by atoms with Gasteiger partial charge in [-0.15, -0.1) is 24.0 Å². The fourth-order valence-corrected chi connectivity index (χ4v) is 2.36. The number of hydrogen-bond acceptors (Lipinski definition) is 3. The van der Waals surface area contributed by atoms with E-state index < -0.39 is 0 Å². The molecule has 1 aromatic heterocycles. The highest BCUT2D eigenvalue weighted by Crippen LogP contribution is 2.20. The molecule has 0 unspecified atom stereocenters. The highest BCUT2D eigenvalue weighted by Gasteiger charge is 2.04. The van der Waals surface area contributed by atoms with Crippen LogP contribution in [-0.2, 0) is 13.1 Å². The number of ether oxygens (including phenoxy) is 1. The first-order valence-electron chi connectivity index (χ1n) is 8.20. The lowest BCUT2D eigenvalue weighted by molar-refractivity contribution is 0.409. The molecule has 0 aliphatic heterocycles. The number of pyridine rings is 1. The Morgan fingerprint density at radius 1 is 1.16 bits per heavy atom. The zero-order valence-electron chi connectivity index (χ0n) is 15.3. The Morgan fingerprint density at radius 2 is 1.96 bits per heavy atom. The fourth-order valence-electron chi connectivity index (χ4n) is 2.36. The molecule has 0 fully saturated rings. The number of nitrogens with zero attached hydrogens (tertiary/aromatic N) is 2. The van der Waals surface area contributed by atoms with Crippen molar-refractivity contribution < 1.29 is 4.74 Å². The molecule has 0 bridgehead atoms. The lowest BCUT2D eigenvalue weighted by Gasteiger charge is -2.12. The van der Waals surface area contributed by atoms with Crippen LogP contribution in [0.2, 0.25) is 0 Å². The predicted octanol–water partition coefficient (Wildman–Crippen LogP) is 3.58. The second-order valence-electron chi connectivity index (χ2n) is 5.63. The van der Waals surface area contributed by atoms with Crippen LogP contribution in [0.4, 0.5) is 0 Å². The Bertz CT molecular complexity index is 704. The minimum absolute atomic E-state index is 0. The molecule has 0 radical (unpaired) electrons. The average Bonchev–Trinajstić information content (AvgIpc) is 2.58. The van der Waals surface area contributed by atoms with E-state index in [1.54, 1.807) is 7.11 Å². The topological polar surface area (TPSA) is 58.5 Å². The highest BCUT2D eigenvalue weighted by atomic mass is 127. The van der Waals surface area contributed by atoms with Crippen molar-refractivity contribution in [2.24, 2.45) is 4.99 Å². The summed E-state index contributed by atoms with van der Waals surface area (Å²) in [5, 5.41) is 6.58. The highest BCUT2D eigenvalue weighted by molar-refractivity contribution is 14.0. The van der Waals surface area contributed by atoms with Crippen molar-refractivity contribution in [2.75, 3.05) is 13.7 Å². The summed E-state index contributed by atoms with van der Waals surface area (Å²) >= 11 is 0. The second kappa shape index (κ2) is 10.9. The van der Waals surface area contributed by atoms with E-state index in [1.807, 2.05) is 31.2 Å². The van der Waals surface area contributed by atoms with Crippen LogP contribution in [0.5, 0.6) is 5.75 Å². The summed E-state index contributed by atoms with van der Waals surface area (Å²) in [5.74, 6) is 1.64. The first-order valence-corrected chi connectivity index (χ1v) is 8.20. The normalized spacial score (nSPS) is 10.8. The lowest BCUT2D eigenvalue weighted by atomic mass is 10.1. The van der Waals surface area contributed by atoms with Gasteiger partial charge in [0.15, 0.2) is 5.96 Å². The van der Waals surface area contributed by atoms with Crippen molar-refractivity contribution in [3.63, 3.8) is 0 Å². The van der Waals surface area contributed by atoms with E-state index in [1.165, 1.54) is 5.56 Å². The summed E-state index contributed by atoms with van der Waals surface area (Å²) in [6.07, 6.45) is 0. The Balaban J connectivity index is 0.00000312. The number of nitrogens with one attached hydrogen (secondary N) is 2. The molecule has 0 atom stereocenters. The van der Waals surface area contributed by atoms with E-state index in [9.17, 15) is 0 Å². The third kappa shape index (κ3) is 6.89. The first-order chi connectivity index (χ1) is 11.6. The van der Waals surface area contributed by atoms with Crippen molar-refractivity contribution in [2.45, 2.75) is 33.9 Å². The van der Waals surface area contributed by atoms with Gasteiger partial charge in [-0.05, 0) is 44.5 Å². The summed E-state index contributed by atoms with van der Waals surface area (Å²) in [7, 11) is 1.69. The molecule has 2 aromatic rings. The van der Waals surface area contributed by atoms with Crippen LogP contribution in [0.25, 0.3) is 0 Å². The minimum Gasteiger partial charge on any atom is -0.496 e. The second-order valence-corrected chi connectivity index (χ2v) is 5.63. The average molecular weight is 454 g/mol. The molecule has 0 saturated carbocycles. The molecule has 25 heavy (non-hydrogen) atoms. The van der Waals surface area contributed by atoms with E-state index in [0.29, 0.717) is 13.1 Å². The van der Waals surface area contributed by atoms with Gasteiger partial charge in [-0.1, -0.05) is 18.2 Å². The van der Waals surface area contributed by atoms with Crippen LogP contribution in [-0.4, -0.2) is 24.6 Å². The van der Waals surface area contributed by atoms with E-state index >= 15 is 0 Å². The number of aromatic nitrogens is 1. The fraction of sp³-hybridized carbons (Fsp3) is 0.368. The lowest BCUT2D eigenvalue weighted by Crippen LogP contribution is -2.37. The van der Waals surface area contributed by atoms with Crippen LogP contribution in [0.15, 0.2) is 41.4 Å². The van der Waals surface area contributed by atoms with Crippen molar-refractivity contribution in [1.82, 2.24) is 15.6 Å². The molecule has 0 amide bonds. The molecule has 0 saturated heterocycles. The maximum atomic E-state index is 5.44. The van der Waals surface area contributed by atoms with Crippen LogP contribution in [0.1, 0.15) is 29.4 Å². The summed E-state index contributed by atoms with van der Waals surface area (Å²) in [4.78, 5) is 9.14. The summed E-state index contributed by atoms with van der Waals surface area (Å²) in [6.45, 7) is 8.09. The quantitative estimate of drug-likeness (QED) is 0.398. The largest absolute Gasteiger partial charge is 0.496 e. The number of aryl methyl sites for hydroxylation is 2. The molecular weight excluding hydrogens is 427 g/mol. The van der Waals surface area contributed by atoms with E-state index in [2.05, 4.69) is 46.6 Å². The van der Waals surface area contributed by atoms with Crippen molar-refractivity contribution in [1.29, 1.82) is 0 Å². The van der Waals surface area contributed by atoms with Gasteiger partial charge in [-0.2, -0.15) is 0 Å². The molecule has 136 valence electrons. The smallest absolute Gasteiger partial charge is 0.191 e. The standard InChI is InChI=1S/C19H26N4O.HI/c1-5-20-19(22-13-17-8-6-7-15(3)23-17)21-12-16-10-9-14(2)11-18(16)24-4;/h6-11H,5,12-13H2,1-4H3,(H2,20,21,22);1H. The van der Waals surface area contributed by atoms with Crippen LogP contribution >= 0.6 is 24.0 Å². The van der Waals surface area contributed by atoms with Gasteiger partial charge in [0.1, 0.15) is 5.75 Å². The molecule has 1 aromatic carbocycles. The summed E-state index contributed by atoms with van der Waals surface area (Å²) in [5.41, 5.74) is 4.25.